The Morgan fingerprint density at radius 2 is 1.95 bits per heavy atom. The zero-order chi connectivity index (χ0) is 14.5. The van der Waals surface area contributed by atoms with Crippen LogP contribution < -0.4 is 5.32 Å². The van der Waals surface area contributed by atoms with Crippen molar-refractivity contribution in [3.8, 4) is 0 Å². The molecule has 1 fully saturated rings. The molecule has 1 aliphatic carbocycles. The normalized spacial score (nSPS) is 15.5. The summed E-state index contributed by atoms with van der Waals surface area (Å²) in [6.45, 7) is 17.9. The molecule has 1 aromatic heterocycles. The van der Waals surface area contributed by atoms with Crippen LogP contribution in [0.25, 0.3) is 12.2 Å². The second kappa shape index (κ2) is 6.71. The highest BCUT2D eigenvalue weighted by molar-refractivity contribution is 7.16. The zero-order valence-corrected chi connectivity index (χ0v) is 13.1. The van der Waals surface area contributed by atoms with Crippen LogP contribution >= 0.6 is 11.3 Å². The van der Waals surface area contributed by atoms with E-state index in [4.69, 9.17) is 0 Å². The van der Waals surface area contributed by atoms with E-state index in [1.165, 1.54) is 19.3 Å². The number of thiazole rings is 1. The lowest BCUT2D eigenvalue weighted by Crippen LogP contribution is -2.30. The van der Waals surface area contributed by atoms with Crippen LogP contribution in [-0.2, 0) is 0 Å². The lowest BCUT2D eigenvalue weighted by atomic mass is 9.68. The summed E-state index contributed by atoms with van der Waals surface area (Å²) in [6, 6.07) is 0. The molecule has 0 radical (unpaired) electrons. The van der Waals surface area contributed by atoms with E-state index in [-0.39, 0.29) is 5.41 Å². The molecule has 0 bridgehead atoms. The molecule has 0 saturated heterocycles. The highest BCUT2D eigenvalue weighted by Crippen LogP contribution is 2.46. The van der Waals surface area contributed by atoms with Crippen LogP contribution in [0.1, 0.15) is 50.6 Å². The second-order valence-corrected chi connectivity index (χ2v) is 5.73. The summed E-state index contributed by atoms with van der Waals surface area (Å²) in [6.07, 6.45) is 7.30. The first-order chi connectivity index (χ1) is 9.09. The number of nitrogens with one attached hydrogen (secondary N) is 1. The van der Waals surface area contributed by atoms with E-state index in [2.05, 4.69) is 37.0 Å². The molecule has 1 heterocycles. The van der Waals surface area contributed by atoms with Crippen molar-refractivity contribution < 1.29 is 0 Å². The fourth-order valence-corrected chi connectivity index (χ4v) is 2.82. The molecule has 0 unspecified atom stereocenters. The Labute approximate surface area is 121 Å². The van der Waals surface area contributed by atoms with Gasteiger partial charge in [0.25, 0.3) is 0 Å². The summed E-state index contributed by atoms with van der Waals surface area (Å²) < 4.78 is 0. The molecular weight excluding hydrogens is 252 g/mol. The minimum atomic E-state index is 0.244. The molecule has 19 heavy (non-hydrogen) atoms. The van der Waals surface area contributed by atoms with Gasteiger partial charge in [-0.2, -0.15) is 0 Å². The van der Waals surface area contributed by atoms with Crippen LogP contribution in [0.5, 0.6) is 0 Å². The average Bonchev–Trinajstić information content (AvgIpc) is 2.80. The standard InChI is InChI=1S/C14H18N2S.C2H6/c1-5-11-12(6-2)17-13(16-11)15-10(3)14(4)8-7-9-14;1-2/h5-6H,1-3,7-9H2,4H3,(H,15,16);1-2H3. The van der Waals surface area contributed by atoms with Gasteiger partial charge in [0.15, 0.2) is 5.13 Å². The molecule has 0 amide bonds. The number of anilines is 1. The molecule has 1 aromatic rings. The van der Waals surface area contributed by atoms with E-state index >= 15 is 0 Å². The quantitative estimate of drug-likeness (QED) is 0.760. The molecule has 0 atom stereocenters. The van der Waals surface area contributed by atoms with E-state index in [1.807, 2.05) is 19.9 Å². The highest BCUT2D eigenvalue weighted by Gasteiger charge is 2.35. The maximum Gasteiger partial charge on any atom is 0.188 e. The van der Waals surface area contributed by atoms with Gasteiger partial charge in [0.05, 0.1) is 10.6 Å². The van der Waals surface area contributed by atoms with Crippen molar-refractivity contribution in [2.75, 3.05) is 5.32 Å². The lowest BCUT2D eigenvalue weighted by molar-refractivity contribution is 0.217. The highest BCUT2D eigenvalue weighted by atomic mass is 32.1. The molecule has 0 aromatic carbocycles. The number of allylic oxidation sites excluding steroid dienone is 1. The van der Waals surface area contributed by atoms with Gasteiger partial charge >= 0.3 is 0 Å². The van der Waals surface area contributed by atoms with Crippen molar-refractivity contribution in [1.82, 2.24) is 4.98 Å². The molecule has 0 spiro atoms. The molecule has 1 N–H and O–H groups in total. The third-order valence-corrected chi connectivity index (χ3v) is 4.49. The fraction of sp³-hybridized carbons (Fsp3) is 0.438. The Hall–Kier alpha value is -1.35. The van der Waals surface area contributed by atoms with Crippen LogP contribution in [0.2, 0.25) is 0 Å². The van der Waals surface area contributed by atoms with Gasteiger partial charge in [0.2, 0.25) is 0 Å². The largest absolute Gasteiger partial charge is 0.335 e. The predicted octanol–water partition coefficient (Wildman–Crippen LogP) is 5.57. The number of aromatic nitrogens is 1. The van der Waals surface area contributed by atoms with Crippen LogP contribution in [0, 0.1) is 5.41 Å². The molecule has 2 rings (SSSR count). The predicted molar refractivity (Wildman–Crippen MR) is 88.4 cm³/mol. The summed E-state index contributed by atoms with van der Waals surface area (Å²) in [5.74, 6) is 0. The summed E-state index contributed by atoms with van der Waals surface area (Å²) in [5.41, 5.74) is 2.21. The van der Waals surface area contributed by atoms with Gasteiger partial charge in [0.1, 0.15) is 0 Å². The molecule has 1 aliphatic rings. The Kier molecular flexibility index (Phi) is 5.55. The number of rotatable bonds is 5. The van der Waals surface area contributed by atoms with Crippen molar-refractivity contribution in [1.29, 1.82) is 0 Å². The van der Waals surface area contributed by atoms with Crippen LogP contribution in [0.15, 0.2) is 25.4 Å². The molecule has 104 valence electrons. The van der Waals surface area contributed by atoms with Gasteiger partial charge in [0, 0.05) is 11.1 Å². The van der Waals surface area contributed by atoms with E-state index in [0.717, 1.165) is 21.4 Å². The van der Waals surface area contributed by atoms with Crippen molar-refractivity contribution in [2.24, 2.45) is 5.41 Å². The van der Waals surface area contributed by atoms with Gasteiger partial charge in [-0.1, -0.05) is 58.3 Å². The molecule has 2 nitrogen and oxygen atoms in total. The van der Waals surface area contributed by atoms with Gasteiger partial charge in [-0.05, 0) is 25.0 Å². The van der Waals surface area contributed by atoms with E-state index in [1.54, 1.807) is 17.4 Å². The third-order valence-electron chi connectivity index (χ3n) is 3.50. The van der Waals surface area contributed by atoms with Crippen LogP contribution in [0.3, 0.4) is 0 Å². The Bertz CT molecular complexity index is 442. The van der Waals surface area contributed by atoms with Gasteiger partial charge in [-0.15, -0.1) is 0 Å². The van der Waals surface area contributed by atoms with Gasteiger partial charge in [-0.3, -0.25) is 0 Å². The minimum absolute atomic E-state index is 0.244. The van der Waals surface area contributed by atoms with Crippen molar-refractivity contribution >= 4 is 28.6 Å². The van der Waals surface area contributed by atoms with Crippen molar-refractivity contribution in [2.45, 2.75) is 40.0 Å². The molecule has 0 aliphatic heterocycles. The SMILES string of the molecule is C=Cc1nc(NC(=C)C2(C)CCC2)sc1C=C.CC. The first kappa shape index (κ1) is 15.7. The Morgan fingerprint density at radius 3 is 2.32 bits per heavy atom. The maximum absolute atomic E-state index is 4.47. The lowest BCUT2D eigenvalue weighted by Gasteiger charge is -2.40. The van der Waals surface area contributed by atoms with E-state index in [9.17, 15) is 0 Å². The zero-order valence-electron chi connectivity index (χ0n) is 12.3. The third kappa shape index (κ3) is 3.35. The van der Waals surface area contributed by atoms with Gasteiger partial charge in [-0.25, -0.2) is 4.98 Å². The topological polar surface area (TPSA) is 24.9 Å². The van der Waals surface area contributed by atoms with Crippen molar-refractivity contribution in [3.05, 3.63) is 36.0 Å². The van der Waals surface area contributed by atoms with Gasteiger partial charge < -0.3 is 5.32 Å². The first-order valence-corrected chi connectivity index (χ1v) is 7.63. The summed E-state index contributed by atoms with van der Waals surface area (Å²) in [5, 5.41) is 4.21. The van der Waals surface area contributed by atoms with Crippen molar-refractivity contribution in [3.63, 3.8) is 0 Å². The number of hydrogen-bond acceptors (Lipinski definition) is 3. The smallest absolute Gasteiger partial charge is 0.188 e. The van der Waals surface area contributed by atoms with Crippen LogP contribution in [0.4, 0.5) is 5.13 Å². The van der Waals surface area contributed by atoms with E-state index < -0.39 is 0 Å². The Morgan fingerprint density at radius 1 is 1.32 bits per heavy atom. The van der Waals surface area contributed by atoms with E-state index in [0.29, 0.717) is 0 Å². The number of nitrogens with zero attached hydrogens (tertiary/aromatic N) is 1. The number of hydrogen-bond donors (Lipinski definition) is 1. The minimum Gasteiger partial charge on any atom is -0.335 e. The second-order valence-electron chi connectivity index (χ2n) is 4.69. The molecular formula is C16H24N2S. The fourth-order valence-electron chi connectivity index (χ4n) is 1.98. The molecule has 3 heteroatoms. The summed E-state index contributed by atoms with van der Waals surface area (Å²) in [4.78, 5) is 5.52. The Balaban J connectivity index is 0.000000861. The monoisotopic (exact) mass is 276 g/mol. The average molecular weight is 276 g/mol. The maximum atomic E-state index is 4.47. The summed E-state index contributed by atoms with van der Waals surface area (Å²) >= 11 is 1.59. The first-order valence-electron chi connectivity index (χ1n) is 6.81. The summed E-state index contributed by atoms with van der Waals surface area (Å²) in [7, 11) is 0. The molecule has 1 saturated carbocycles. The van der Waals surface area contributed by atoms with Crippen LogP contribution in [-0.4, -0.2) is 4.98 Å².